The molecule has 11 heteroatoms. The van der Waals surface area contributed by atoms with E-state index in [0.717, 1.165) is 5.39 Å². The van der Waals surface area contributed by atoms with Crippen molar-refractivity contribution in [3.05, 3.63) is 70.0 Å². The summed E-state index contributed by atoms with van der Waals surface area (Å²) in [6, 6.07) is 14.1. The molecule has 1 aliphatic heterocycles. The maximum absolute atomic E-state index is 13.7. The molecule has 37 heavy (non-hydrogen) atoms. The molecular formula is C26H32N6O5. The summed E-state index contributed by atoms with van der Waals surface area (Å²) in [7, 11) is 1.72. The van der Waals surface area contributed by atoms with Crippen molar-refractivity contribution in [1.82, 2.24) is 14.5 Å². The number of rotatable bonds is 8. The first kappa shape index (κ1) is 26.1. The van der Waals surface area contributed by atoms with Gasteiger partial charge in [0, 0.05) is 57.3 Å². The van der Waals surface area contributed by atoms with Gasteiger partial charge in [0.15, 0.2) is 0 Å². The molecule has 1 amide bonds. The van der Waals surface area contributed by atoms with Gasteiger partial charge in [0.2, 0.25) is 0 Å². The van der Waals surface area contributed by atoms with Crippen molar-refractivity contribution in [2.75, 3.05) is 51.3 Å². The van der Waals surface area contributed by atoms with E-state index in [9.17, 15) is 14.4 Å². The summed E-state index contributed by atoms with van der Waals surface area (Å²) < 4.78 is 6.88. The lowest BCUT2D eigenvalue weighted by molar-refractivity contribution is 0.0523. The third kappa shape index (κ3) is 5.43. The number of fused-ring (bicyclic) bond motifs is 1. The number of benzene rings is 2. The number of carbonyl (C=O) groups is 2. The molecule has 2 heterocycles. The monoisotopic (exact) mass is 508 g/mol. The largest absolute Gasteiger partial charge is 0.462 e. The summed E-state index contributed by atoms with van der Waals surface area (Å²) in [6.45, 7) is 4.32. The normalized spacial score (nSPS) is 13.8. The Morgan fingerprint density at radius 3 is 2.32 bits per heavy atom. The molecule has 2 aromatic carbocycles. The third-order valence-electron chi connectivity index (χ3n) is 6.42. The van der Waals surface area contributed by atoms with Crippen LogP contribution < -0.4 is 27.0 Å². The van der Waals surface area contributed by atoms with Gasteiger partial charge in [0.1, 0.15) is 11.3 Å². The average Bonchev–Trinajstić information content (AvgIpc) is 2.91. The number of carbonyl (C=O) groups excluding carboxylic acids is 2. The van der Waals surface area contributed by atoms with E-state index in [0.29, 0.717) is 61.8 Å². The predicted octanol–water partition coefficient (Wildman–Crippen LogP) is 1.20. The fourth-order valence-electron chi connectivity index (χ4n) is 4.58. The number of nitrogens with two attached hydrogens (primary N) is 2. The highest BCUT2D eigenvalue weighted by molar-refractivity contribution is 6.05. The molecule has 196 valence electrons. The molecule has 4 N–H and O–H groups in total. The minimum Gasteiger partial charge on any atom is -0.462 e. The van der Waals surface area contributed by atoms with Gasteiger partial charge < -0.3 is 23.9 Å². The molecule has 3 aromatic rings. The van der Waals surface area contributed by atoms with Crippen molar-refractivity contribution in [3.63, 3.8) is 0 Å². The maximum Gasteiger partial charge on any atom is 0.345 e. The predicted molar refractivity (Wildman–Crippen MR) is 140 cm³/mol. The number of aromatic nitrogens is 1. The van der Waals surface area contributed by atoms with Crippen LogP contribution in [0.4, 0.5) is 5.69 Å². The number of likely N-dealkylation sites (N-methyl/N-ethyl adjacent to an activating group) is 1. The molecule has 0 radical (unpaired) electrons. The summed E-state index contributed by atoms with van der Waals surface area (Å²) in [4.78, 5) is 48.2. The van der Waals surface area contributed by atoms with Gasteiger partial charge in [-0.2, -0.15) is 5.90 Å². The van der Waals surface area contributed by atoms with Crippen molar-refractivity contribution in [2.45, 2.75) is 13.5 Å². The van der Waals surface area contributed by atoms with Crippen LogP contribution in [-0.4, -0.2) is 72.7 Å². The zero-order chi connectivity index (χ0) is 26.5. The summed E-state index contributed by atoms with van der Waals surface area (Å²) in [5, 5.41) is 2.26. The van der Waals surface area contributed by atoms with E-state index in [1.165, 1.54) is 5.01 Å². The van der Waals surface area contributed by atoms with Gasteiger partial charge >= 0.3 is 5.97 Å². The zero-order valence-electron chi connectivity index (χ0n) is 21.1. The summed E-state index contributed by atoms with van der Waals surface area (Å²) >= 11 is 0. The Labute approximate surface area is 214 Å². The number of piperazine rings is 1. The highest BCUT2D eigenvalue weighted by atomic mass is 16.6. The Kier molecular flexibility index (Phi) is 8.07. The molecule has 0 saturated carbocycles. The van der Waals surface area contributed by atoms with Gasteiger partial charge in [0.25, 0.3) is 11.5 Å². The number of ether oxygens (including phenoxy) is 1. The van der Waals surface area contributed by atoms with E-state index in [1.807, 2.05) is 29.2 Å². The van der Waals surface area contributed by atoms with Gasteiger partial charge in [-0.05, 0) is 37.3 Å². The van der Waals surface area contributed by atoms with Crippen LogP contribution >= 0.6 is 0 Å². The second kappa shape index (κ2) is 11.4. The number of para-hydroxylation sites is 1. The molecule has 4 rings (SSSR count). The number of amides is 1. The first-order valence-electron chi connectivity index (χ1n) is 12.1. The molecule has 1 aromatic heterocycles. The lowest BCUT2D eigenvalue weighted by Gasteiger charge is -2.37. The van der Waals surface area contributed by atoms with Gasteiger partial charge in [-0.3, -0.25) is 15.4 Å². The Hall–Kier alpha value is -3.93. The Morgan fingerprint density at radius 1 is 1.03 bits per heavy atom. The lowest BCUT2D eigenvalue weighted by Crippen LogP contribution is -2.50. The van der Waals surface area contributed by atoms with Gasteiger partial charge in [-0.1, -0.05) is 18.2 Å². The van der Waals surface area contributed by atoms with Crippen LogP contribution in [0, 0.1) is 0 Å². The van der Waals surface area contributed by atoms with Crippen LogP contribution in [0.15, 0.2) is 53.3 Å². The first-order valence-corrected chi connectivity index (χ1v) is 12.1. The Bertz CT molecular complexity index is 1330. The Balaban J connectivity index is 1.69. The number of hydrogen-bond acceptors (Lipinski definition) is 9. The van der Waals surface area contributed by atoms with E-state index < -0.39 is 11.5 Å². The van der Waals surface area contributed by atoms with Crippen molar-refractivity contribution in [1.29, 1.82) is 0 Å². The van der Waals surface area contributed by atoms with Crippen molar-refractivity contribution < 1.29 is 19.2 Å². The smallest absolute Gasteiger partial charge is 0.345 e. The standard InChI is InChI=1S/C26H32N6O5/c1-3-36-26(35)22-23(20-6-4-5-7-21(20)32(25(22)34)17-12-29(2)27)30-13-15-31(16-14-30)24(33)18-8-10-19(37-28)11-9-18/h4-11H,3,12-17,27-28H2,1-2H3. The van der Waals surface area contributed by atoms with E-state index in [-0.39, 0.29) is 18.1 Å². The van der Waals surface area contributed by atoms with Crippen molar-refractivity contribution in [2.24, 2.45) is 11.7 Å². The molecule has 1 fully saturated rings. The van der Waals surface area contributed by atoms with E-state index in [4.69, 9.17) is 16.5 Å². The number of nitrogens with zero attached hydrogens (tertiary/aromatic N) is 4. The van der Waals surface area contributed by atoms with Crippen LogP contribution in [0.1, 0.15) is 27.6 Å². The van der Waals surface area contributed by atoms with Crippen LogP contribution in [0.3, 0.4) is 0 Å². The van der Waals surface area contributed by atoms with E-state index in [1.54, 1.807) is 47.7 Å². The number of anilines is 1. The lowest BCUT2D eigenvalue weighted by atomic mass is 10.1. The SMILES string of the molecule is CCOC(=O)c1c(N2CCN(C(=O)c3ccc(ON)cc3)CC2)c2ccccc2n(CCN(C)N)c1=O. The Morgan fingerprint density at radius 2 is 1.70 bits per heavy atom. The van der Waals surface area contributed by atoms with E-state index >= 15 is 0 Å². The summed E-state index contributed by atoms with van der Waals surface area (Å²) in [5.41, 5.74) is 1.34. The molecule has 1 aliphatic rings. The molecule has 1 saturated heterocycles. The van der Waals surface area contributed by atoms with E-state index in [2.05, 4.69) is 4.84 Å². The second-order valence-corrected chi connectivity index (χ2v) is 8.82. The molecule has 0 unspecified atom stereocenters. The molecule has 0 spiro atoms. The second-order valence-electron chi connectivity index (χ2n) is 8.82. The number of hydrazine groups is 1. The highest BCUT2D eigenvalue weighted by Gasteiger charge is 2.30. The molecular weight excluding hydrogens is 476 g/mol. The van der Waals surface area contributed by atoms with Crippen molar-refractivity contribution >= 4 is 28.5 Å². The minimum absolute atomic E-state index is 0.00243. The van der Waals surface area contributed by atoms with Crippen LogP contribution in [0.5, 0.6) is 5.75 Å². The molecule has 0 atom stereocenters. The molecule has 0 aliphatic carbocycles. The maximum atomic E-state index is 13.7. The number of esters is 1. The zero-order valence-corrected chi connectivity index (χ0v) is 21.1. The number of hydrogen-bond donors (Lipinski definition) is 2. The number of pyridine rings is 1. The molecule has 11 nitrogen and oxygen atoms in total. The molecule has 0 bridgehead atoms. The fraction of sp³-hybridized carbons (Fsp3) is 0.346. The highest BCUT2D eigenvalue weighted by Crippen LogP contribution is 2.31. The minimum atomic E-state index is -0.663. The van der Waals surface area contributed by atoms with Gasteiger partial charge in [0.05, 0.1) is 17.8 Å². The third-order valence-corrected chi connectivity index (χ3v) is 6.42. The van der Waals surface area contributed by atoms with Crippen molar-refractivity contribution in [3.8, 4) is 5.75 Å². The quantitative estimate of drug-likeness (QED) is 0.261. The summed E-state index contributed by atoms with van der Waals surface area (Å²) in [6.07, 6.45) is 0. The van der Waals surface area contributed by atoms with Gasteiger partial charge in [-0.25, -0.2) is 9.80 Å². The summed E-state index contributed by atoms with van der Waals surface area (Å²) in [5.74, 6) is 10.7. The topological polar surface area (TPSA) is 136 Å². The fourth-order valence-corrected chi connectivity index (χ4v) is 4.58. The van der Waals surface area contributed by atoms with Crippen LogP contribution in [-0.2, 0) is 11.3 Å². The first-order chi connectivity index (χ1) is 17.8. The van der Waals surface area contributed by atoms with Crippen LogP contribution in [0.25, 0.3) is 10.9 Å². The van der Waals surface area contributed by atoms with Crippen LogP contribution in [0.2, 0.25) is 0 Å². The average molecular weight is 509 g/mol. The van der Waals surface area contributed by atoms with Gasteiger partial charge in [-0.15, -0.1) is 0 Å².